The lowest BCUT2D eigenvalue weighted by molar-refractivity contribution is 0.526. The van der Waals surface area contributed by atoms with E-state index in [0.29, 0.717) is 12.0 Å². The number of hydrogen-bond donors (Lipinski definition) is 1. The minimum atomic E-state index is -0.267. The maximum atomic E-state index is 14.2. The summed E-state index contributed by atoms with van der Waals surface area (Å²) in [6.07, 6.45) is 10.2. The lowest BCUT2D eigenvalue weighted by Gasteiger charge is -2.22. The van der Waals surface area contributed by atoms with Crippen LogP contribution >= 0.6 is 11.6 Å². The van der Waals surface area contributed by atoms with Crippen LogP contribution < -0.4 is 5.32 Å². The van der Waals surface area contributed by atoms with E-state index in [1.54, 1.807) is 6.07 Å². The van der Waals surface area contributed by atoms with E-state index in [0.717, 1.165) is 25.8 Å². The van der Waals surface area contributed by atoms with Gasteiger partial charge >= 0.3 is 0 Å². The molecule has 0 bridgehead atoms. The van der Waals surface area contributed by atoms with Gasteiger partial charge in [0.2, 0.25) is 0 Å². The standard InChI is InChI=1S/C18H25ClFN/c1-2-12-21-17(14-8-5-3-4-6-9-14)13-15-10-7-11-16(19)18(15)20/h7-8,10-11,17,21H,2-6,9,12-13H2,1H3. The molecule has 1 aliphatic carbocycles. The van der Waals surface area contributed by atoms with Gasteiger partial charge in [0.25, 0.3) is 0 Å². The third-order valence-corrected chi connectivity index (χ3v) is 4.41. The smallest absolute Gasteiger partial charge is 0.145 e. The molecule has 116 valence electrons. The van der Waals surface area contributed by atoms with Crippen molar-refractivity contribution in [2.75, 3.05) is 6.54 Å². The van der Waals surface area contributed by atoms with Crippen LogP contribution in [0.4, 0.5) is 4.39 Å². The predicted molar refractivity (Wildman–Crippen MR) is 88.4 cm³/mol. The van der Waals surface area contributed by atoms with E-state index in [4.69, 9.17) is 11.6 Å². The number of rotatable bonds is 6. The molecule has 0 saturated carbocycles. The summed E-state index contributed by atoms with van der Waals surface area (Å²) in [5.74, 6) is -0.267. The van der Waals surface area contributed by atoms with Gasteiger partial charge < -0.3 is 5.32 Å². The second-order valence-corrected chi connectivity index (χ2v) is 6.21. The van der Waals surface area contributed by atoms with Gasteiger partial charge in [-0.25, -0.2) is 4.39 Å². The number of nitrogens with one attached hydrogen (secondary N) is 1. The Balaban J connectivity index is 2.15. The molecular formula is C18H25ClFN. The van der Waals surface area contributed by atoms with Crippen LogP contribution in [0.3, 0.4) is 0 Å². The van der Waals surface area contributed by atoms with Crippen molar-refractivity contribution < 1.29 is 4.39 Å². The molecule has 1 aromatic rings. The van der Waals surface area contributed by atoms with Crippen LogP contribution in [0, 0.1) is 5.82 Å². The number of hydrogen-bond acceptors (Lipinski definition) is 1. The third kappa shape index (κ3) is 4.82. The Kier molecular flexibility index (Phi) is 6.72. The van der Waals surface area contributed by atoms with Crippen LogP contribution in [0.2, 0.25) is 5.02 Å². The Morgan fingerprint density at radius 1 is 1.29 bits per heavy atom. The molecule has 0 spiro atoms. The van der Waals surface area contributed by atoms with Crippen LogP contribution in [0.1, 0.15) is 51.0 Å². The van der Waals surface area contributed by atoms with Crippen molar-refractivity contribution in [2.45, 2.75) is 57.9 Å². The summed E-state index contributed by atoms with van der Waals surface area (Å²) in [5, 5.41) is 3.80. The zero-order chi connectivity index (χ0) is 15.1. The highest BCUT2D eigenvalue weighted by Crippen LogP contribution is 2.25. The first-order valence-electron chi connectivity index (χ1n) is 8.07. The second-order valence-electron chi connectivity index (χ2n) is 5.80. The molecule has 1 N–H and O–H groups in total. The highest BCUT2D eigenvalue weighted by Gasteiger charge is 2.18. The summed E-state index contributed by atoms with van der Waals surface area (Å²) < 4.78 is 14.2. The molecule has 3 heteroatoms. The van der Waals surface area contributed by atoms with E-state index in [-0.39, 0.29) is 16.9 Å². The molecule has 0 aliphatic heterocycles. The zero-order valence-electron chi connectivity index (χ0n) is 12.8. The van der Waals surface area contributed by atoms with E-state index in [2.05, 4.69) is 18.3 Å². The summed E-state index contributed by atoms with van der Waals surface area (Å²) in [4.78, 5) is 0. The Morgan fingerprint density at radius 3 is 2.95 bits per heavy atom. The van der Waals surface area contributed by atoms with Crippen molar-refractivity contribution in [3.8, 4) is 0 Å². The first kappa shape index (κ1) is 16.5. The fourth-order valence-electron chi connectivity index (χ4n) is 2.94. The first-order valence-corrected chi connectivity index (χ1v) is 8.45. The van der Waals surface area contributed by atoms with Gasteiger partial charge in [0.05, 0.1) is 5.02 Å². The van der Waals surface area contributed by atoms with Crippen LogP contribution in [0.25, 0.3) is 0 Å². The van der Waals surface area contributed by atoms with E-state index in [9.17, 15) is 4.39 Å². The summed E-state index contributed by atoms with van der Waals surface area (Å²) in [6, 6.07) is 5.52. The Morgan fingerprint density at radius 2 is 2.14 bits per heavy atom. The van der Waals surface area contributed by atoms with Gasteiger partial charge in [-0.2, -0.15) is 0 Å². The molecule has 21 heavy (non-hydrogen) atoms. The molecule has 0 heterocycles. The predicted octanol–water partition coefficient (Wildman–Crippen LogP) is 5.28. The van der Waals surface area contributed by atoms with Gasteiger partial charge in [-0.1, -0.05) is 48.7 Å². The fraction of sp³-hybridized carbons (Fsp3) is 0.556. The minimum absolute atomic E-state index is 0.219. The lowest BCUT2D eigenvalue weighted by Crippen LogP contribution is -2.34. The summed E-state index contributed by atoms with van der Waals surface area (Å²) in [6.45, 7) is 3.12. The molecule has 1 aromatic carbocycles. The maximum Gasteiger partial charge on any atom is 0.145 e. The molecule has 0 radical (unpaired) electrons. The molecule has 0 fully saturated rings. The van der Waals surface area contributed by atoms with Crippen molar-refractivity contribution in [2.24, 2.45) is 0 Å². The van der Waals surface area contributed by atoms with Crippen molar-refractivity contribution in [1.82, 2.24) is 5.32 Å². The summed E-state index contributed by atoms with van der Waals surface area (Å²) >= 11 is 5.90. The highest BCUT2D eigenvalue weighted by molar-refractivity contribution is 6.30. The third-order valence-electron chi connectivity index (χ3n) is 4.12. The Hall–Kier alpha value is -0.860. The molecule has 0 amide bonds. The largest absolute Gasteiger partial charge is 0.310 e. The maximum absolute atomic E-state index is 14.2. The number of halogens is 2. The van der Waals surface area contributed by atoms with Crippen molar-refractivity contribution in [3.63, 3.8) is 0 Å². The molecule has 1 unspecified atom stereocenters. The minimum Gasteiger partial charge on any atom is -0.310 e. The van der Waals surface area contributed by atoms with Crippen molar-refractivity contribution in [3.05, 3.63) is 46.3 Å². The normalized spacial score (nSPS) is 17.2. The Labute approximate surface area is 132 Å². The van der Waals surface area contributed by atoms with E-state index in [1.807, 2.05) is 12.1 Å². The fourth-order valence-corrected chi connectivity index (χ4v) is 3.13. The average Bonchev–Trinajstić information content (AvgIpc) is 2.77. The van der Waals surface area contributed by atoms with Crippen LogP contribution in [-0.4, -0.2) is 12.6 Å². The number of benzene rings is 1. The van der Waals surface area contributed by atoms with E-state index >= 15 is 0 Å². The van der Waals surface area contributed by atoms with Crippen LogP contribution in [0.15, 0.2) is 29.8 Å². The Bertz CT molecular complexity index is 484. The van der Waals surface area contributed by atoms with Gasteiger partial charge in [0.15, 0.2) is 0 Å². The van der Waals surface area contributed by atoms with Gasteiger partial charge in [-0.3, -0.25) is 0 Å². The lowest BCUT2D eigenvalue weighted by atomic mass is 9.95. The molecular weight excluding hydrogens is 285 g/mol. The van der Waals surface area contributed by atoms with Gasteiger partial charge in [0, 0.05) is 6.04 Å². The summed E-state index contributed by atoms with van der Waals surface area (Å²) in [5.41, 5.74) is 2.15. The molecule has 0 saturated heterocycles. The van der Waals surface area contributed by atoms with Crippen molar-refractivity contribution in [1.29, 1.82) is 0 Å². The molecule has 1 aliphatic rings. The highest BCUT2D eigenvalue weighted by atomic mass is 35.5. The molecule has 2 rings (SSSR count). The van der Waals surface area contributed by atoms with Gasteiger partial charge in [0.1, 0.15) is 5.82 Å². The van der Waals surface area contributed by atoms with Crippen LogP contribution in [0.5, 0.6) is 0 Å². The molecule has 0 aromatic heterocycles. The topological polar surface area (TPSA) is 12.0 Å². The van der Waals surface area contributed by atoms with Crippen LogP contribution in [-0.2, 0) is 6.42 Å². The van der Waals surface area contributed by atoms with E-state index in [1.165, 1.54) is 24.8 Å². The number of allylic oxidation sites excluding steroid dienone is 1. The molecule has 1 atom stereocenters. The average molecular weight is 310 g/mol. The SMILES string of the molecule is CCCNC(Cc1cccc(Cl)c1F)C1=CCCCCC1. The second kappa shape index (κ2) is 8.55. The molecule has 1 nitrogen and oxygen atoms in total. The van der Waals surface area contributed by atoms with Crippen molar-refractivity contribution >= 4 is 11.6 Å². The first-order chi connectivity index (χ1) is 10.2. The zero-order valence-corrected chi connectivity index (χ0v) is 13.6. The van der Waals surface area contributed by atoms with Gasteiger partial charge in [-0.15, -0.1) is 0 Å². The monoisotopic (exact) mass is 309 g/mol. The van der Waals surface area contributed by atoms with Gasteiger partial charge in [-0.05, 0) is 56.7 Å². The summed E-state index contributed by atoms with van der Waals surface area (Å²) in [7, 11) is 0. The van der Waals surface area contributed by atoms with E-state index < -0.39 is 0 Å². The quantitative estimate of drug-likeness (QED) is 0.705.